The minimum absolute atomic E-state index is 0.0117. The number of carbonyl (C=O) groups excluding carboxylic acids is 1. The zero-order chi connectivity index (χ0) is 23.4. The van der Waals surface area contributed by atoms with Gasteiger partial charge in [0.2, 0.25) is 5.75 Å². The number of urea groups is 1. The zero-order valence-corrected chi connectivity index (χ0v) is 19.9. The summed E-state index contributed by atoms with van der Waals surface area (Å²) in [5, 5.41) is 3.55. The Bertz CT molecular complexity index is 1100. The molecule has 1 N–H and O–H groups in total. The van der Waals surface area contributed by atoms with Crippen molar-refractivity contribution < 1.29 is 28.5 Å². The van der Waals surface area contributed by atoms with E-state index in [1.54, 1.807) is 24.1 Å². The molecule has 0 bridgehead atoms. The summed E-state index contributed by atoms with van der Waals surface area (Å²) in [6, 6.07) is 8.99. The topological polar surface area (TPSA) is 91.4 Å². The molecule has 0 aliphatic carbocycles. The lowest BCUT2D eigenvalue weighted by atomic mass is 10.1. The smallest absolute Gasteiger partial charge is 0.321 e. The van der Waals surface area contributed by atoms with Crippen LogP contribution in [0, 0.1) is 0 Å². The molecule has 1 fully saturated rings. The molecule has 1 aromatic heterocycles. The van der Waals surface area contributed by atoms with Crippen molar-refractivity contribution in [2.24, 2.45) is 0 Å². The maximum atomic E-state index is 12.8. The van der Waals surface area contributed by atoms with Gasteiger partial charge in [0.05, 0.1) is 44.3 Å². The fourth-order valence-corrected chi connectivity index (χ4v) is 4.65. The van der Waals surface area contributed by atoms with Crippen LogP contribution < -0.4 is 29.0 Å². The zero-order valence-electron chi connectivity index (χ0n) is 19.0. The number of carbonyl (C=O) groups is 1. The Morgan fingerprint density at radius 2 is 1.70 bits per heavy atom. The Balaban J connectivity index is 1.34. The summed E-state index contributed by atoms with van der Waals surface area (Å²) in [7, 11) is 6.26. The van der Waals surface area contributed by atoms with Crippen LogP contribution in [0.3, 0.4) is 0 Å². The summed E-state index contributed by atoms with van der Waals surface area (Å²) in [6.45, 7) is 1.17. The highest BCUT2D eigenvalue weighted by molar-refractivity contribution is 7.20. The monoisotopic (exact) mass is 473 g/mol. The summed E-state index contributed by atoms with van der Waals surface area (Å²) >= 11 is 1.50. The number of nitrogens with zero attached hydrogens (tertiary/aromatic N) is 2. The molecule has 9 nitrogen and oxygen atoms in total. The van der Waals surface area contributed by atoms with Gasteiger partial charge in [0.25, 0.3) is 5.19 Å². The van der Waals surface area contributed by atoms with Crippen molar-refractivity contribution in [3.63, 3.8) is 0 Å². The molecule has 3 aromatic rings. The number of anilines is 1. The summed E-state index contributed by atoms with van der Waals surface area (Å²) in [4.78, 5) is 19.1. The predicted molar refractivity (Wildman–Crippen MR) is 127 cm³/mol. The molecule has 0 atom stereocenters. The van der Waals surface area contributed by atoms with E-state index in [9.17, 15) is 4.79 Å². The standard InChI is InChI=1S/C23H27N3O6S/c1-28-16-5-6-17-20(13-16)33-23(25-17)32-15-7-9-26(10-8-15)22(27)24-14-11-18(29-2)21(31-4)19(12-14)30-3/h5-6,11-13,15H,7-10H2,1-4H3,(H,24,27). The maximum absolute atomic E-state index is 12.8. The Morgan fingerprint density at radius 3 is 2.30 bits per heavy atom. The van der Waals surface area contributed by atoms with Crippen LogP contribution in [-0.4, -0.2) is 63.5 Å². The molecule has 2 aromatic carbocycles. The van der Waals surface area contributed by atoms with Crippen molar-refractivity contribution in [1.29, 1.82) is 0 Å². The first kappa shape index (κ1) is 22.8. The number of aromatic nitrogens is 1. The van der Waals surface area contributed by atoms with Crippen molar-refractivity contribution in [2.45, 2.75) is 18.9 Å². The summed E-state index contributed by atoms with van der Waals surface area (Å²) < 4.78 is 28.4. The first-order chi connectivity index (χ1) is 16.0. The lowest BCUT2D eigenvalue weighted by molar-refractivity contribution is 0.115. The number of hydrogen-bond acceptors (Lipinski definition) is 8. The van der Waals surface area contributed by atoms with E-state index in [4.69, 9.17) is 23.7 Å². The minimum atomic E-state index is -0.185. The normalized spacial score (nSPS) is 14.1. The number of benzene rings is 2. The number of methoxy groups -OCH3 is 4. The summed E-state index contributed by atoms with van der Waals surface area (Å²) in [6.07, 6.45) is 1.46. The fraction of sp³-hybridized carbons (Fsp3) is 0.391. The maximum Gasteiger partial charge on any atom is 0.321 e. The largest absolute Gasteiger partial charge is 0.497 e. The van der Waals surface area contributed by atoms with Crippen LogP contribution in [0.2, 0.25) is 0 Å². The van der Waals surface area contributed by atoms with E-state index in [-0.39, 0.29) is 12.1 Å². The van der Waals surface area contributed by atoms with Crippen LogP contribution >= 0.6 is 11.3 Å². The van der Waals surface area contributed by atoms with Gasteiger partial charge in [-0.2, -0.15) is 0 Å². The molecule has 176 valence electrons. The molecule has 1 aliphatic heterocycles. The fourth-order valence-electron chi connectivity index (χ4n) is 3.74. The molecule has 33 heavy (non-hydrogen) atoms. The first-order valence-electron chi connectivity index (χ1n) is 10.5. The molecule has 4 rings (SSSR count). The second kappa shape index (κ2) is 10.0. The van der Waals surface area contributed by atoms with Crippen molar-refractivity contribution in [1.82, 2.24) is 9.88 Å². The lowest BCUT2D eigenvalue weighted by Gasteiger charge is -2.31. The third-order valence-corrected chi connectivity index (χ3v) is 6.40. The van der Waals surface area contributed by atoms with Gasteiger partial charge in [-0.05, 0) is 18.2 Å². The van der Waals surface area contributed by atoms with Crippen LogP contribution in [-0.2, 0) is 0 Å². The van der Waals surface area contributed by atoms with Gasteiger partial charge >= 0.3 is 6.03 Å². The summed E-state index contributed by atoms with van der Waals surface area (Å²) in [5.41, 5.74) is 1.45. The Hall–Kier alpha value is -3.40. The molecule has 2 heterocycles. The number of rotatable bonds is 7. The number of nitrogens with one attached hydrogen (secondary N) is 1. The van der Waals surface area contributed by atoms with Gasteiger partial charge in [-0.3, -0.25) is 0 Å². The third-order valence-electron chi connectivity index (χ3n) is 5.49. The molecule has 2 amide bonds. The number of amides is 2. The van der Waals surface area contributed by atoms with Gasteiger partial charge in [0.1, 0.15) is 11.9 Å². The average molecular weight is 474 g/mol. The van der Waals surface area contributed by atoms with E-state index >= 15 is 0 Å². The van der Waals surface area contributed by atoms with Gasteiger partial charge in [-0.25, -0.2) is 9.78 Å². The minimum Gasteiger partial charge on any atom is -0.497 e. The molecule has 10 heteroatoms. The van der Waals surface area contributed by atoms with Crippen molar-refractivity contribution in [2.75, 3.05) is 46.8 Å². The van der Waals surface area contributed by atoms with Crippen LogP contribution in [0.4, 0.5) is 10.5 Å². The van der Waals surface area contributed by atoms with Crippen LogP contribution in [0.5, 0.6) is 28.2 Å². The highest BCUT2D eigenvalue weighted by Crippen LogP contribution is 2.40. The number of piperidine rings is 1. The average Bonchev–Trinajstić information content (AvgIpc) is 3.24. The number of ether oxygens (including phenoxy) is 5. The molecular weight excluding hydrogens is 446 g/mol. The van der Waals surface area contributed by atoms with E-state index in [2.05, 4.69) is 10.3 Å². The van der Waals surface area contributed by atoms with Crippen molar-refractivity contribution in [3.8, 4) is 28.2 Å². The van der Waals surface area contributed by atoms with Crippen LogP contribution in [0.25, 0.3) is 10.2 Å². The second-order valence-electron chi connectivity index (χ2n) is 7.46. The Labute approximate surface area is 196 Å². The van der Waals surface area contributed by atoms with Gasteiger partial charge in [0, 0.05) is 38.1 Å². The highest BCUT2D eigenvalue weighted by Gasteiger charge is 2.25. The number of fused-ring (bicyclic) bond motifs is 1. The van der Waals surface area contributed by atoms with E-state index in [0.29, 0.717) is 41.2 Å². The third kappa shape index (κ3) is 5.00. The van der Waals surface area contributed by atoms with Crippen LogP contribution in [0.15, 0.2) is 30.3 Å². The molecule has 1 saturated heterocycles. The van der Waals surface area contributed by atoms with Crippen molar-refractivity contribution >= 4 is 33.3 Å². The molecule has 0 saturated carbocycles. The molecule has 0 radical (unpaired) electrons. The SMILES string of the molecule is COc1ccc2nc(OC3CCN(C(=O)Nc4cc(OC)c(OC)c(OC)c4)CC3)sc2c1. The van der Waals surface area contributed by atoms with Gasteiger partial charge in [0.15, 0.2) is 11.5 Å². The number of thiazole rings is 1. The molecule has 0 unspecified atom stereocenters. The highest BCUT2D eigenvalue weighted by atomic mass is 32.1. The Kier molecular flexibility index (Phi) is 6.93. The van der Waals surface area contributed by atoms with Crippen LogP contribution in [0.1, 0.15) is 12.8 Å². The summed E-state index contributed by atoms with van der Waals surface area (Å²) in [5.74, 6) is 2.23. The van der Waals surface area contributed by atoms with Gasteiger partial charge in [-0.1, -0.05) is 11.3 Å². The molecule has 1 aliphatic rings. The van der Waals surface area contributed by atoms with Gasteiger partial charge < -0.3 is 33.9 Å². The predicted octanol–water partition coefficient (Wildman–Crippen LogP) is 4.41. The van der Waals surface area contributed by atoms with E-state index in [1.165, 1.54) is 32.7 Å². The lowest BCUT2D eigenvalue weighted by Crippen LogP contribution is -2.43. The first-order valence-corrected chi connectivity index (χ1v) is 11.3. The van der Waals surface area contributed by atoms with Crippen molar-refractivity contribution in [3.05, 3.63) is 30.3 Å². The second-order valence-corrected chi connectivity index (χ2v) is 8.46. The number of likely N-dealkylation sites (tertiary alicyclic amines) is 1. The molecule has 0 spiro atoms. The van der Waals surface area contributed by atoms with E-state index in [0.717, 1.165) is 28.8 Å². The molecular formula is C23H27N3O6S. The number of hydrogen-bond donors (Lipinski definition) is 1. The quantitative estimate of drug-likeness (QED) is 0.544. The van der Waals surface area contributed by atoms with Gasteiger partial charge in [-0.15, -0.1) is 0 Å². The van der Waals surface area contributed by atoms with E-state index in [1.807, 2.05) is 18.2 Å². The Morgan fingerprint density at radius 1 is 1.00 bits per heavy atom. The van der Waals surface area contributed by atoms with E-state index < -0.39 is 0 Å².